The van der Waals surface area contributed by atoms with E-state index >= 15 is 0 Å². The number of fused-ring (bicyclic) bond motifs is 10. The Morgan fingerprint density at radius 3 is 1.76 bits per heavy atom. The maximum absolute atomic E-state index is 6.89. The van der Waals surface area contributed by atoms with E-state index in [1.54, 1.807) is 0 Å². The summed E-state index contributed by atoms with van der Waals surface area (Å²) in [5.74, 6) is 0.853. The molecule has 0 amide bonds. The van der Waals surface area contributed by atoms with Crippen LogP contribution in [0.1, 0.15) is 0 Å². The predicted octanol–water partition coefficient (Wildman–Crippen LogP) is 13.1. The highest BCUT2D eigenvalue weighted by atomic mass is 16.3. The highest BCUT2D eigenvalue weighted by Gasteiger charge is 2.22. The molecule has 0 spiro atoms. The van der Waals surface area contributed by atoms with E-state index < -0.39 is 0 Å². The fourth-order valence-corrected chi connectivity index (χ4v) is 8.12. The van der Waals surface area contributed by atoms with E-state index in [1.165, 1.54) is 43.7 Å². The van der Waals surface area contributed by atoms with Crippen LogP contribution in [0.3, 0.4) is 0 Å². The third kappa shape index (κ3) is 3.73. The lowest BCUT2D eigenvalue weighted by atomic mass is 9.87. The number of hydrogen-bond donors (Lipinski definition) is 0. The summed E-state index contributed by atoms with van der Waals surface area (Å²) in [5.41, 5.74) is 9.62. The van der Waals surface area contributed by atoms with Gasteiger partial charge < -0.3 is 13.4 Å². The Balaban J connectivity index is 1.21. The lowest BCUT2D eigenvalue weighted by Crippen LogP contribution is -1.94. The van der Waals surface area contributed by atoms with E-state index in [-0.39, 0.29) is 0 Å². The van der Waals surface area contributed by atoms with Crippen LogP contribution < -0.4 is 0 Å². The zero-order valence-corrected chi connectivity index (χ0v) is 26.4. The molecule has 11 rings (SSSR count). The Hall–Kier alpha value is -6.58. The molecule has 0 saturated heterocycles. The molecule has 3 heterocycles. The fraction of sp³-hybridized carbons (Fsp3) is 0. The molecule has 0 saturated carbocycles. The second-order valence-corrected chi connectivity index (χ2v) is 12.8. The topological polar surface area (TPSA) is 31.2 Å². The van der Waals surface area contributed by atoms with Gasteiger partial charge in [-0.05, 0) is 81.2 Å². The number of nitrogens with zero attached hydrogens (tertiary/aromatic N) is 1. The molecule has 8 aromatic carbocycles. The predicted molar refractivity (Wildman–Crippen MR) is 204 cm³/mol. The summed E-state index contributed by atoms with van der Waals surface area (Å²) in [6, 6.07) is 58.4. The summed E-state index contributed by atoms with van der Waals surface area (Å²) in [5, 5.41) is 10.3. The lowest BCUT2D eigenvalue weighted by Gasteiger charge is -2.17. The number of furan rings is 2. The minimum Gasteiger partial charge on any atom is -0.456 e. The largest absolute Gasteiger partial charge is 0.456 e. The van der Waals surface area contributed by atoms with Crippen molar-refractivity contribution in [3.8, 4) is 28.1 Å². The van der Waals surface area contributed by atoms with Crippen molar-refractivity contribution in [1.29, 1.82) is 0 Å². The van der Waals surface area contributed by atoms with Crippen LogP contribution in [-0.2, 0) is 0 Å². The van der Waals surface area contributed by atoms with Crippen LogP contribution in [-0.4, -0.2) is 4.57 Å². The molecule has 3 heteroatoms. The second-order valence-electron chi connectivity index (χ2n) is 12.8. The van der Waals surface area contributed by atoms with Gasteiger partial charge in [0, 0.05) is 32.8 Å². The molecule has 0 fully saturated rings. The Bertz CT molecular complexity index is 3050. The van der Waals surface area contributed by atoms with E-state index in [0.717, 1.165) is 60.7 Å². The van der Waals surface area contributed by atoms with Crippen molar-refractivity contribution in [2.45, 2.75) is 0 Å². The van der Waals surface area contributed by atoms with Gasteiger partial charge in [-0.15, -0.1) is 0 Å². The molecule has 11 aromatic rings. The molecule has 0 aliphatic carbocycles. The highest BCUT2D eigenvalue weighted by molar-refractivity contribution is 6.23. The Labute approximate surface area is 280 Å². The van der Waals surface area contributed by atoms with Gasteiger partial charge in [-0.25, -0.2) is 0 Å². The number of aromatic nitrogens is 1. The van der Waals surface area contributed by atoms with Gasteiger partial charge in [0.1, 0.15) is 22.5 Å². The molecule has 0 N–H and O–H groups in total. The van der Waals surface area contributed by atoms with E-state index in [1.807, 2.05) is 12.1 Å². The molecule has 0 bridgehead atoms. The van der Waals surface area contributed by atoms with Gasteiger partial charge >= 0.3 is 0 Å². The summed E-state index contributed by atoms with van der Waals surface area (Å²) in [4.78, 5) is 0. The van der Waals surface area contributed by atoms with Crippen molar-refractivity contribution in [3.63, 3.8) is 0 Å². The van der Waals surface area contributed by atoms with Crippen molar-refractivity contribution in [1.82, 2.24) is 4.57 Å². The van der Waals surface area contributed by atoms with Crippen LogP contribution >= 0.6 is 0 Å². The van der Waals surface area contributed by atoms with Crippen LogP contribution in [0.4, 0.5) is 0 Å². The molecule has 0 unspecified atom stereocenters. The van der Waals surface area contributed by atoms with Crippen LogP contribution in [0, 0.1) is 0 Å². The Kier molecular flexibility index (Phi) is 5.38. The monoisotopic (exact) mass is 625 g/mol. The maximum atomic E-state index is 6.89. The van der Waals surface area contributed by atoms with Gasteiger partial charge in [0.25, 0.3) is 0 Å². The van der Waals surface area contributed by atoms with Crippen LogP contribution in [0.25, 0.3) is 104 Å². The molecule has 0 aliphatic rings. The third-order valence-corrected chi connectivity index (χ3v) is 10.2. The zero-order valence-electron chi connectivity index (χ0n) is 26.4. The van der Waals surface area contributed by atoms with Gasteiger partial charge in [0.2, 0.25) is 0 Å². The summed E-state index contributed by atoms with van der Waals surface area (Å²) in [6.45, 7) is 0. The van der Waals surface area contributed by atoms with Gasteiger partial charge in [-0.3, -0.25) is 0 Å². The van der Waals surface area contributed by atoms with Crippen molar-refractivity contribution in [2.24, 2.45) is 0 Å². The molecule has 49 heavy (non-hydrogen) atoms. The smallest absolute Gasteiger partial charge is 0.146 e. The van der Waals surface area contributed by atoms with Crippen LogP contribution in [0.2, 0.25) is 0 Å². The first-order valence-corrected chi connectivity index (χ1v) is 16.7. The van der Waals surface area contributed by atoms with E-state index in [2.05, 4.69) is 156 Å². The minimum absolute atomic E-state index is 0.836. The van der Waals surface area contributed by atoms with E-state index in [9.17, 15) is 0 Å². The molecule has 0 aliphatic heterocycles. The molecule has 3 nitrogen and oxygen atoms in total. The molecule has 0 atom stereocenters. The zero-order chi connectivity index (χ0) is 32.1. The molecular weight excluding hydrogens is 599 g/mol. The second kappa shape index (κ2) is 9.96. The quantitative estimate of drug-likeness (QED) is 0.183. The van der Waals surface area contributed by atoms with Crippen molar-refractivity contribution >= 4 is 76.3 Å². The van der Waals surface area contributed by atoms with Crippen LogP contribution in [0.15, 0.2) is 173 Å². The number of rotatable bonds is 3. The maximum Gasteiger partial charge on any atom is 0.146 e. The normalized spacial score (nSPS) is 12.1. The first-order valence-electron chi connectivity index (χ1n) is 16.7. The summed E-state index contributed by atoms with van der Waals surface area (Å²) >= 11 is 0. The Morgan fingerprint density at radius 2 is 1.00 bits per heavy atom. The van der Waals surface area contributed by atoms with Gasteiger partial charge in [0.15, 0.2) is 0 Å². The summed E-state index contributed by atoms with van der Waals surface area (Å²) < 4.78 is 15.5. The molecule has 3 aromatic heterocycles. The first-order chi connectivity index (χ1) is 24.3. The fourth-order valence-electron chi connectivity index (χ4n) is 8.12. The first kappa shape index (κ1) is 26.5. The average Bonchev–Trinajstić information content (AvgIpc) is 3.85. The van der Waals surface area contributed by atoms with Gasteiger partial charge in [-0.2, -0.15) is 0 Å². The Morgan fingerprint density at radius 1 is 0.388 bits per heavy atom. The standard InChI is InChI=1S/C46H27NO2/c1-2-12-30(13-3-1)47-38-20-10-8-14-31(38)32-24-22-28(26-39(32)47)43-33-15-4-6-17-35(33)44(36-18-7-5-16-34(36)43)42-27-29-23-25-41-45(46(29)49-42)37-19-9-11-21-40(37)48-41/h1-27H. The highest BCUT2D eigenvalue weighted by Crippen LogP contribution is 2.47. The summed E-state index contributed by atoms with van der Waals surface area (Å²) in [6.07, 6.45) is 0. The van der Waals surface area contributed by atoms with Crippen molar-refractivity contribution in [3.05, 3.63) is 164 Å². The average molecular weight is 626 g/mol. The minimum atomic E-state index is 0.836. The van der Waals surface area contributed by atoms with E-state index in [4.69, 9.17) is 8.83 Å². The van der Waals surface area contributed by atoms with Crippen LogP contribution in [0.5, 0.6) is 0 Å². The van der Waals surface area contributed by atoms with Gasteiger partial charge in [-0.1, -0.05) is 115 Å². The summed E-state index contributed by atoms with van der Waals surface area (Å²) in [7, 11) is 0. The van der Waals surface area contributed by atoms with Crippen molar-refractivity contribution < 1.29 is 8.83 Å². The number of benzene rings is 8. The number of para-hydroxylation sites is 3. The molecule has 228 valence electrons. The SMILES string of the molecule is c1ccc(-n2c3ccccc3c3ccc(-c4c5ccccc5c(-c5cc6ccc7oc8ccccc8c7c6o5)c5ccccc45)cc32)cc1. The number of hydrogen-bond acceptors (Lipinski definition) is 2. The van der Waals surface area contributed by atoms with Crippen molar-refractivity contribution in [2.75, 3.05) is 0 Å². The van der Waals surface area contributed by atoms with E-state index in [0.29, 0.717) is 0 Å². The lowest BCUT2D eigenvalue weighted by molar-refractivity contribution is 0.635. The molecular formula is C46H27NO2. The van der Waals surface area contributed by atoms with Gasteiger partial charge in [0.05, 0.1) is 16.4 Å². The third-order valence-electron chi connectivity index (χ3n) is 10.2. The molecule has 0 radical (unpaired) electrons.